The Morgan fingerprint density at radius 2 is 1.53 bits per heavy atom. The van der Waals surface area contributed by atoms with E-state index in [2.05, 4.69) is 5.43 Å². The quantitative estimate of drug-likeness (QED) is 0.759. The lowest BCUT2D eigenvalue weighted by molar-refractivity contribution is 0.278. The van der Waals surface area contributed by atoms with E-state index in [1.807, 2.05) is 31.2 Å². The Labute approximate surface area is 102 Å². The maximum Gasteiger partial charge on any atom is 0.130 e. The van der Waals surface area contributed by atoms with Crippen molar-refractivity contribution in [2.45, 2.75) is 6.54 Å². The Balaban J connectivity index is 3.06. The van der Waals surface area contributed by atoms with Gasteiger partial charge in [0, 0.05) is 32.8 Å². The molecule has 0 fully saturated rings. The van der Waals surface area contributed by atoms with E-state index < -0.39 is 0 Å². The summed E-state index contributed by atoms with van der Waals surface area (Å²) >= 11 is 0. The van der Waals surface area contributed by atoms with Gasteiger partial charge in [0.2, 0.25) is 0 Å². The van der Waals surface area contributed by atoms with E-state index in [9.17, 15) is 0 Å². The zero-order chi connectivity index (χ0) is 12.8. The third-order valence-electron chi connectivity index (χ3n) is 2.39. The van der Waals surface area contributed by atoms with Crippen molar-refractivity contribution in [3.8, 4) is 17.2 Å². The van der Waals surface area contributed by atoms with Gasteiger partial charge < -0.3 is 14.2 Å². The molecule has 0 spiro atoms. The third-order valence-corrected chi connectivity index (χ3v) is 2.39. The lowest BCUT2D eigenvalue weighted by Crippen LogP contribution is -2.29. The van der Waals surface area contributed by atoms with Gasteiger partial charge in [0.1, 0.15) is 17.2 Å². The van der Waals surface area contributed by atoms with Crippen LogP contribution in [0.4, 0.5) is 0 Å². The molecule has 0 amide bonds. The van der Waals surface area contributed by atoms with E-state index in [1.54, 1.807) is 21.3 Å². The minimum atomic E-state index is 0.628. The van der Waals surface area contributed by atoms with Crippen LogP contribution in [0.15, 0.2) is 12.1 Å². The molecule has 0 atom stereocenters. The Hall–Kier alpha value is -1.46. The highest BCUT2D eigenvalue weighted by molar-refractivity contribution is 5.50. The fourth-order valence-corrected chi connectivity index (χ4v) is 1.49. The van der Waals surface area contributed by atoms with E-state index in [-0.39, 0.29) is 0 Å². The van der Waals surface area contributed by atoms with Crippen LogP contribution in [-0.4, -0.2) is 40.4 Å². The number of methoxy groups -OCH3 is 3. The van der Waals surface area contributed by atoms with Crippen LogP contribution in [0.2, 0.25) is 0 Å². The molecule has 1 aromatic carbocycles. The molecule has 0 aliphatic carbocycles. The van der Waals surface area contributed by atoms with Crippen molar-refractivity contribution >= 4 is 0 Å². The van der Waals surface area contributed by atoms with Crippen LogP contribution in [-0.2, 0) is 6.54 Å². The predicted molar refractivity (Wildman–Crippen MR) is 66.6 cm³/mol. The van der Waals surface area contributed by atoms with Crippen molar-refractivity contribution in [3.05, 3.63) is 17.7 Å². The van der Waals surface area contributed by atoms with Gasteiger partial charge in [-0.25, -0.2) is 0 Å². The SMILES string of the molecule is COc1cc(OC)c(CNN(C)C)c(OC)c1. The summed E-state index contributed by atoms with van der Waals surface area (Å²) in [5.74, 6) is 2.21. The average Bonchev–Trinajstić information content (AvgIpc) is 2.34. The number of hydrogen-bond acceptors (Lipinski definition) is 5. The second kappa shape index (κ2) is 6.32. The second-order valence-electron chi connectivity index (χ2n) is 3.74. The van der Waals surface area contributed by atoms with Crippen molar-refractivity contribution in [2.24, 2.45) is 0 Å². The zero-order valence-corrected chi connectivity index (χ0v) is 11.0. The largest absolute Gasteiger partial charge is 0.496 e. The average molecular weight is 240 g/mol. The highest BCUT2D eigenvalue weighted by Gasteiger charge is 2.12. The van der Waals surface area contributed by atoms with Gasteiger partial charge in [-0.15, -0.1) is 0 Å². The van der Waals surface area contributed by atoms with E-state index in [4.69, 9.17) is 14.2 Å². The van der Waals surface area contributed by atoms with Crippen LogP contribution in [0.25, 0.3) is 0 Å². The molecule has 1 aromatic rings. The highest BCUT2D eigenvalue weighted by Crippen LogP contribution is 2.33. The van der Waals surface area contributed by atoms with Gasteiger partial charge in [-0.2, -0.15) is 0 Å². The van der Waals surface area contributed by atoms with E-state index in [1.165, 1.54) is 0 Å². The molecule has 5 heteroatoms. The Bertz CT molecular complexity index is 342. The Morgan fingerprint density at radius 3 is 1.88 bits per heavy atom. The molecule has 1 rings (SSSR count). The fraction of sp³-hybridized carbons (Fsp3) is 0.500. The molecule has 0 aromatic heterocycles. The summed E-state index contributed by atoms with van der Waals surface area (Å²) in [6, 6.07) is 3.68. The summed E-state index contributed by atoms with van der Waals surface area (Å²) in [5.41, 5.74) is 4.14. The zero-order valence-electron chi connectivity index (χ0n) is 11.0. The number of nitrogens with one attached hydrogen (secondary N) is 1. The normalized spacial score (nSPS) is 10.5. The number of nitrogens with zero attached hydrogens (tertiary/aromatic N) is 1. The third kappa shape index (κ3) is 3.51. The molecule has 0 heterocycles. The summed E-state index contributed by atoms with van der Waals surface area (Å²) in [5, 5.41) is 1.88. The van der Waals surface area contributed by atoms with E-state index in [0.717, 1.165) is 17.1 Å². The van der Waals surface area contributed by atoms with Crippen molar-refractivity contribution in [3.63, 3.8) is 0 Å². The molecule has 0 saturated carbocycles. The molecular weight excluding hydrogens is 220 g/mol. The van der Waals surface area contributed by atoms with Crippen LogP contribution < -0.4 is 19.6 Å². The smallest absolute Gasteiger partial charge is 0.130 e. The molecular formula is C12H20N2O3. The van der Waals surface area contributed by atoms with E-state index in [0.29, 0.717) is 12.3 Å². The molecule has 0 saturated heterocycles. The van der Waals surface area contributed by atoms with Crippen molar-refractivity contribution in [1.29, 1.82) is 0 Å². The van der Waals surface area contributed by atoms with Crippen LogP contribution >= 0.6 is 0 Å². The van der Waals surface area contributed by atoms with Gasteiger partial charge in [0.05, 0.1) is 26.9 Å². The van der Waals surface area contributed by atoms with Crippen LogP contribution in [0.1, 0.15) is 5.56 Å². The highest BCUT2D eigenvalue weighted by atomic mass is 16.5. The number of rotatable bonds is 6. The topological polar surface area (TPSA) is 43.0 Å². The molecule has 5 nitrogen and oxygen atoms in total. The van der Waals surface area contributed by atoms with Gasteiger partial charge >= 0.3 is 0 Å². The maximum atomic E-state index is 5.34. The summed E-state index contributed by atoms with van der Waals surface area (Å²) in [7, 11) is 8.75. The number of hydrazine groups is 1. The maximum absolute atomic E-state index is 5.34. The molecule has 1 N–H and O–H groups in total. The monoisotopic (exact) mass is 240 g/mol. The van der Waals surface area contributed by atoms with Crippen LogP contribution in [0.3, 0.4) is 0 Å². The number of ether oxygens (including phenoxy) is 3. The second-order valence-corrected chi connectivity index (χ2v) is 3.74. The van der Waals surface area contributed by atoms with Gasteiger partial charge in [0.25, 0.3) is 0 Å². The molecule has 0 unspecified atom stereocenters. The Kier molecular flexibility index (Phi) is 5.06. The fourth-order valence-electron chi connectivity index (χ4n) is 1.49. The van der Waals surface area contributed by atoms with Gasteiger partial charge in [-0.1, -0.05) is 0 Å². The van der Waals surface area contributed by atoms with Crippen molar-refractivity contribution < 1.29 is 14.2 Å². The van der Waals surface area contributed by atoms with Crippen LogP contribution in [0.5, 0.6) is 17.2 Å². The molecule has 0 radical (unpaired) electrons. The lowest BCUT2D eigenvalue weighted by Gasteiger charge is -2.17. The first-order chi connectivity index (χ1) is 8.12. The van der Waals surface area contributed by atoms with Crippen molar-refractivity contribution in [1.82, 2.24) is 10.4 Å². The summed E-state index contributed by atoms with van der Waals surface area (Å²) in [4.78, 5) is 0. The molecule has 0 aliphatic rings. The van der Waals surface area contributed by atoms with Gasteiger partial charge in [-0.3, -0.25) is 10.4 Å². The van der Waals surface area contributed by atoms with Gasteiger partial charge in [0.15, 0.2) is 0 Å². The molecule has 0 bridgehead atoms. The minimum absolute atomic E-state index is 0.628. The standard InChI is InChI=1S/C12H20N2O3/c1-14(2)13-8-10-11(16-4)6-9(15-3)7-12(10)17-5/h6-7,13H,8H2,1-5H3. The summed E-state index contributed by atoms with van der Waals surface area (Å²) < 4.78 is 15.9. The number of hydrogen-bond donors (Lipinski definition) is 1. The molecule has 17 heavy (non-hydrogen) atoms. The predicted octanol–water partition coefficient (Wildman–Crippen LogP) is 1.28. The number of benzene rings is 1. The summed E-state index contributed by atoms with van der Waals surface area (Å²) in [6.07, 6.45) is 0. The van der Waals surface area contributed by atoms with Crippen molar-refractivity contribution in [2.75, 3.05) is 35.4 Å². The first-order valence-electron chi connectivity index (χ1n) is 5.32. The molecule has 0 aliphatic heterocycles. The Morgan fingerprint density at radius 1 is 1.00 bits per heavy atom. The molecule has 96 valence electrons. The van der Waals surface area contributed by atoms with Crippen LogP contribution in [0, 0.1) is 0 Å². The van der Waals surface area contributed by atoms with Gasteiger partial charge in [-0.05, 0) is 0 Å². The lowest BCUT2D eigenvalue weighted by atomic mass is 10.1. The minimum Gasteiger partial charge on any atom is -0.496 e. The summed E-state index contributed by atoms with van der Waals surface area (Å²) in [6.45, 7) is 0.628. The first-order valence-corrected chi connectivity index (χ1v) is 5.32. The first kappa shape index (κ1) is 13.6. The van der Waals surface area contributed by atoms with E-state index >= 15 is 0 Å².